The lowest BCUT2D eigenvalue weighted by Crippen LogP contribution is -2.41. The number of carbonyl (C=O) groups is 1. The summed E-state index contributed by atoms with van der Waals surface area (Å²) in [7, 11) is 0. The van der Waals surface area contributed by atoms with E-state index < -0.39 is 16.9 Å². The maximum absolute atomic E-state index is 11.4. The molecule has 1 atom stereocenters. The molecule has 1 saturated heterocycles. The molecule has 1 aromatic rings. The second kappa shape index (κ2) is 5.85. The molecule has 0 aliphatic carbocycles. The highest BCUT2D eigenvalue weighted by Crippen LogP contribution is 2.27. The Hall–Kier alpha value is -2.18. The van der Waals surface area contributed by atoms with Crippen molar-refractivity contribution in [3.05, 3.63) is 27.9 Å². The zero-order valence-electron chi connectivity index (χ0n) is 11.3. The van der Waals surface area contributed by atoms with E-state index in [-0.39, 0.29) is 5.69 Å². The normalized spacial score (nSPS) is 19.4. The molecule has 7 heteroatoms. The van der Waals surface area contributed by atoms with E-state index in [0.717, 1.165) is 19.3 Å². The van der Waals surface area contributed by atoms with Gasteiger partial charge in [0.15, 0.2) is 0 Å². The summed E-state index contributed by atoms with van der Waals surface area (Å²) in [6.07, 6.45) is 4.65. The molecule has 2 heterocycles. The van der Waals surface area contributed by atoms with E-state index in [1.165, 1.54) is 12.3 Å². The summed E-state index contributed by atoms with van der Waals surface area (Å²) in [5, 5.41) is 20.3. The SMILES string of the molecule is Cc1cnc(N2CCCCCC2C(=O)O)cc1[N+](=O)[O-]. The molecule has 1 unspecified atom stereocenters. The van der Waals surface area contributed by atoms with Gasteiger partial charge in [0.1, 0.15) is 11.9 Å². The van der Waals surface area contributed by atoms with Crippen molar-refractivity contribution in [3.8, 4) is 0 Å². The van der Waals surface area contributed by atoms with Crippen LogP contribution < -0.4 is 4.90 Å². The van der Waals surface area contributed by atoms with Crippen molar-refractivity contribution >= 4 is 17.5 Å². The number of carboxylic acids is 1. The van der Waals surface area contributed by atoms with E-state index in [1.54, 1.807) is 11.8 Å². The molecule has 1 aliphatic heterocycles. The van der Waals surface area contributed by atoms with Crippen molar-refractivity contribution in [2.75, 3.05) is 11.4 Å². The van der Waals surface area contributed by atoms with Gasteiger partial charge in [0, 0.05) is 18.3 Å². The number of aryl methyl sites for hydroxylation is 1. The summed E-state index contributed by atoms with van der Waals surface area (Å²) in [6.45, 7) is 2.18. The number of rotatable bonds is 3. The Morgan fingerprint density at radius 3 is 2.90 bits per heavy atom. The Balaban J connectivity index is 2.38. The lowest BCUT2D eigenvalue weighted by Gasteiger charge is -2.27. The first-order chi connectivity index (χ1) is 9.50. The summed E-state index contributed by atoms with van der Waals surface area (Å²) in [4.78, 5) is 27.7. The predicted molar refractivity (Wildman–Crippen MR) is 72.9 cm³/mol. The van der Waals surface area contributed by atoms with Crippen LogP contribution in [0.15, 0.2) is 12.3 Å². The first-order valence-electron chi connectivity index (χ1n) is 6.61. The van der Waals surface area contributed by atoms with Crippen LogP contribution in [-0.4, -0.2) is 33.6 Å². The van der Waals surface area contributed by atoms with Crippen LogP contribution in [0.1, 0.15) is 31.2 Å². The van der Waals surface area contributed by atoms with Crippen molar-refractivity contribution in [1.29, 1.82) is 0 Å². The Labute approximate surface area is 116 Å². The first kappa shape index (κ1) is 14.2. The van der Waals surface area contributed by atoms with Crippen molar-refractivity contribution in [1.82, 2.24) is 4.98 Å². The predicted octanol–water partition coefficient (Wildman–Crippen LogP) is 2.13. The van der Waals surface area contributed by atoms with E-state index in [4.69, 9.17) is 0 Å². The average Bonchev–Trinajstić information content (AvgIpc) is 2.64. The zero-order valence-corrected chi connectivity index (χ0v) is 11.3. The lowest BCUT2D eigenvalue weighted by molar-refractivity contribution is -0.385. The van der Waals surface area contributed by atoms with Gasteiger partial charge >= 0.3 is 5.97 Å². The Morgan fingerprint density at radius 1 is 1.50 bits per heavy atom. The standard InChI is InChI=1S/C13H17N3O4/c1-9-8-14-12(7-11(9)16(19)20)15-6-4-2-3-5-10(15)13(17)18/h7-8,10H,2-6H2,1H3,(H,17,18). The smallest absolute Gasteiger partial charge is 0.326 e. The largest absolute Gasteiger partial charge is 0.480 e. The first-order valence-corrected chi connectivity index (χ1v) is 6.61. The molecule has 1 aliphatic rings. The van der Waals surface area contributed by atoms with Crippen molar-refractivity contribution < 1.29 is 14.8 Å². The number of hydrogen-bond donors (Lipinski definition) is 1. The molecule has 1 fully saturated rings. The van der Waals surface area contributed by atoms with Gasteiger partial charge in [-0.3, -0.25) is 10.1 Å². The molecule has 0 spiro atoms. The maximum Gasteiger partial charge on any atom is 0.326 e. The van der Waals surface area contributed by atoms with Gasteiger partial charge in [-0.2, -0.15) is 0 Å². The molecule has 7 nitrogen and oxygen atoms in total. The number of pyridine rings is 1. The second-order valence-corrected chi connectivity index (χ2v) is 4.98. The van der Waals surface area contributed by atoms with Crippen LogP contribution in [0.4, 0.5) is 11.5 Å². The molecule has 20 heavy (non-hydrogen) atoms. The summed E-state index contributed by atoms with van der Waals surface area (Å²) >= 11 is 0. The Morgan fingerprint density at radius 2 is 2.25 bits per heavy atom. The molecule has 2 rings (SSSR count). The van der Waals surface area contributed by atoms with Gasteiger partial charge < -0.3 is 10.0 Å². The van der Waals surface area contributed by atoms with E-state index in [1.807, 2.05) is 0 Å². The molecule has 0 aromatic carbocycles. The summed E-state index contributed by atoms with van der Waals surface area (Å²) in [6, 6.07) is 0.712. The highest BCUT2D eigenvalue weighted by Gasteiger charge is 2.29. The van der Waals surface area contributed by atoms with Gasteiger partial charge in [0.25, 0.3) is 5.69 Å². The fourth-order valence-electron chi connectivity index (χ4n) is 2.50. The third kappa shape index (κ3) is 2.87. The fraction of sp³-hybridized carbons (Fsp3) is 0.538. The van der Waals surface area contributed by atoms with Crippen LogP contribution in [0.2, 0.25) is 0 Å². The van der Waals surface area contributed by atoms with Crippen molar-refractivity contribution in [2.24, 2.45) is 0 Å². The number of hydrogen-bond acceptors (Lipinski definition) is 5. The van der Waals surface area contributed by atoms with Gasteiger partial charge in [-0.25, -0.2) is 9.78 Å². The summed E-state index contributed by atoms with van der Waals surface area (Å²) in [5.74, 6) is -0.534. The number of aromatic nitrogens is 1. The molecule has 108 valence electrons. The number of aliphatic carboxylic acids is 1. The Bertz CT molecular complexity index is 532. The van der Waals surface area contributed by atoms with Gasteiger partial charge in [-0.1, -0.05) is 12.8 Å². The lowest BCUT2D eigenvalue weighted by atomic mass is 10.1. The van der Waals surface area contributed by atoms with Crippen LogP contribution in [0.5, 0.6) is 0 Å². The molecule has 0 bridgehead atoms. The van der Waals surface area contributed by atoms with Gasteiger partial charge in [0.05, 0.1) is 11.0 Å². The number of nitrogens with zero attached hydrogens (tertiary/aromatic N) is 3. The summed E-state index contributed by atoms with van der Waals surface area (Å²) < 4.78 is 0. The summed E-state index contributed by atoms with van der Waals surface area (Å²) in [5.41, 5.74) is 0.448. The minimum Gasteiger partial charge on any atom is -0.480 e. The minimum atomic E-state index is -0.906. The molecular weight excluding hydrogens is 262 g/mol. The number of carboxylic acid groups (broad SMARTS) is 1. The third-order valence-corrected chi connectivity index (χ3v) is 3.59. The van der Waals surface area contributed by atoms with Crippen LogP contribution in [0, 0.1) is 17.0 Å². The number of anilines is 1. The average molecular weight is 279 g/mol. The van der Waals surface area contributed by atoms with Crippen LogP contribution in [-0.2, 0) is 4.79 Å². The zero-order chi connectivity index (χ0) is 14.7. The molecule has 1 N–H and O–H groups in total. The molecule has 0 saturated carbocycles. The van der Waals surface area contributed by atoms with E-state index in [2.05, 4.69) is 4.98 Å². The van der Waals surface area contributed by atoms with Crippen LogP contribution in [0.3, 0.4) is 0 Å². The van der Waals surface area contributed by atoms with Crippen LogP contribution >= 0.6 is 0 Å². The Kier molecular flexibility index (Phi) is 4.16. The monoisotopic (exact) mass is 279 g/mol. The van der Waals surface area contributed by atoms with E-state index >= 15 is 0 Å². The van der Waals surface area contributed by atoms with Gasteiger partial charge in [-0.05, 0) is 19.8 Å². The van der Waals surface area contributed by atoms with Crippen molar-refractivity contribution in [3.63, 3.8) is 0 Å². The highest BCUT2D eigenvalue weighted by atomic mass is 16.6. The maximum atomic E-state index is 11.4. The van der Waals surface area contributed by atoms with Gasteiger partial charge in [-0.15, -0.1) is 0 Å². The topological polar surface area (TPSA) is 96.6 Å². The van der Waals surface area contributed by atoms with Crippen molar-refractivity contribution in [2.45, 2.75) is 38.6 Å². The third-order valence-electron chi connectivity index (χ3n) is 3.59. The second-order valence-electron chi connectivity index (χ2n) is 4.98. The van der Waals surface area contributed by atoms with E-state index in [0.29, 0.717) is 24.3 Å². The van der Waals surface area contributed by atoms with E-state index in [9.17, 15) is 20.0 Å². The molecular formula is C13H17N3O4. The molecule has 0 amide bonds. The minimum absolute atomic E-state index is 0.0246. The quantitative estimate of drug-likeness (QED) is 0.672. The van der Waals surface area contributed by atoms with Gasteiger partial charge in [0.2, 0.25) is 0 Å². The fourth-order valence-corrected chi connectivity index (χ4v) is 2.50. The van der Waals surface area contributed by atoms with Crippen LogP contribution in [0.25, 0.3) is 0 Å². The molecule has 1 aromatic heterocycles. The number of nitro groups is 1. The molecule has 0 radical (unpaired) electrons. The highest BCUT2D eigenvalue weighted by molar-refractivity contribution is 5.78.